The average molecular weight is 394 g/mol. The predicted octanol–water partition coefficient (Wildman–Crippen LogP) is 4.13. The van der Waals surface area contributed by atoms with Gasteiger partial charge >= 0.3 is 5.97 Å². The van der Waals surface area contributed by atoms with Crippen LogP contribution in [0, 0.1) is 0 Å². The fraction of sp³-hybridized carbons (Fsp3) is 0.0952. The fourth-order valence-electron chi connectivity index (χ4n) is 2.32. The van der Waals surface area contributed by atoms with Crippen molar-refractivity contribution in [3.05, 3.63) is 82.0 Å². The molecule has 1 N–H and O–H groups in total. The molecule has 0 aliphatic heterocycles. The van der Waals surface area contributed by atoms with Gasteiger partial charge < -0.3 is 9.47 Å². The van der Waals surface area contributed by atoms with Crippen LogP contribution in [0.2, 0.25) is 0 Å². The summed E-state index contributed by atoms with van der Waals surface area (Å²) in [5.41, 5.74) is 3.68. The smallest absolute Gasteiger partial charge is 0.353 e. The number of thiophene rings is 1. The molecule has 1 aromatic heterocycles. The summed E-state index contributed by atoms with van der Waals surface area (Å²) in [6.45, 7) is 2.25. The SMILES string of the molecule is CCOc1cc(/C=N/NC(=O)c2ccccc2)ccc1OC(=O)c1cccs1. The van der Waals surface area contributed by atoms with Gasteiger partial charge in [-0.1, -0.05) is 24.3 Å². The maximum absolute atomic E-state index is 12.2. The molecule has 7 heteroatoms. The van der Waals surface area contributed by atoms with E-state index in [-0.39, 0.29) is 5.91 Å². The third-order valence-corrected chi connectivity index (χ3v) is 4.46. The Bertz CT molecular complexity index is 969. The van der Waals surface area contributed by atoms with Crippen molar-refractivity contribution in [1.82, 2.24) is 5.43 Å². The van der Waals surface area contributed by atoms with Crippen LogP contribution in [0.4, 0.5) is 0 Å². The van der Waals surface area contributed by atoms with Crippen molar-refractivity contribution in [3.63, 3.8) is 0 Å². The molecule has 0 aliphatic carbocycles. The number of esters is 1. The topological polar surface area (TPSA) is 77.0 Å². The molecule has 0 saturated heterocycles. The minimum atomic E-state index is -0.438. The van der Waals surface area contributed by atoms with Crippen LogP contribution in [0.5, 0.6) is 11.5 Å². The Morgan fingerprint density at radius 1 is 1.07 bits per heavy atom. The zero-order valence-corrected chi connectivity index (χ0v) is 15.9. The lowest BCUT2D eigenvalue weighted by Crippen LogP contribution is -2.17. The second-order valence-electron chi connectivity index (χ2n) is 5.57. The van der Waals surface area contributed by atoms with Crippen LogP contribution >= 0.6 is 11.3 Å². The molecule has 0 atom stereocenters. The van der Waals surface area contributed by atoms with Crippen LogP contribution in [-0.2, 0) is 0 Å². The van der Waals surface area contributed by atoms with Crippen LogP contribution < -0.4 is 14.9 Å². The van der Waals surface area contributed by atoms with E-state index in [1.807, 2.05) is 18.4 Å². The lowest BCUT2D eigenvalue weighted by molar-refractivity contribution is 0.0733. The van der Waals surface area contributed by atoms with Crippen LogP contribution in [0.1, 0.15) is 32.5 Å². The molecule has 1 heterocycles. The van der Waals surface area contributed by atoms with E-state index < -0.39 is 5.97 Å². The summed E-state index contributed by atoms with van der Waals surface area (Å²) in [6.07, 6.45) is 1.49. The second-order valence-corrected chi connectivity index (χ2v) is 6.52. The van der Waals surface area contributed by atoms with Gasteiger partial charge in [0.1, 0.15) is 4.88 Å². The Hall–Kier alpha value is -3.45. The summed E-state index contributed by atoms with van der Waals surface area (Å²) < 4.78 is 11.0. The quantitative estimate of drug-likeness (QED) is 0.283. The molecule has 28 heavy (non-hydrogen) atoms. The molecule has 0 spiro atoms. The highest BCUT2D eigenvalue weighted by molar-refractivity contribution is 7.12. The van der Waals surface area contributed by atoms with E-state index in [0.29, 0.717) is 34.1 Å². The van der Waals surface area contributed by atoms with E-state index in [1.54, 1.807) is 54.6 Å². The van der Waals surface area contributed by atoms with E-state index in [4.69, 9.17) is 9.47 Å². The normalized spacial score (nSPS) is 10.6. The first-order valence-corrected chi connectivity index (χ1v) is 9.46. The van der Waals surface area contributed by atoms with Crippen LogP contribution in [0.25, 0.3) is 0 Å². The van der Waals surface area contributed by atoms with Crippen molar-refractivity contribution in [2.75, 3.05) is 6.61 Å². The van der Waals surface area contributed by atoms with Gasteiger partial charge in [-0.25, -0.2) is 10.2 Å². The molecule has 0 bridgehead atoms. The van der Waals surface area contributed by atoms with Crippen LogP contribution in [0.3, 0.4) is 0 Å². The molecule has 3 aromatic rings. The van der Waals surface area contributed by atoms with Gasteiger partial charge in [0, 0.05) is 5.56 Å². The minimum absolute atomic E-state index is 0.302. The maximum Gasteiger partial charge on any atom is 0.353 e. The zero-order valence-electron chi connectivity index (χ0n) is 15.1. The summed E-state index contributed by atoms with van der Waals surface area (Å²) in [5, 5.41) is 5.77. The number of hydrazone groups is 1. The molecular formula is C21H18N2O4S. The molecule has 2 aromatic carbocycles. The standard InChI is InChI=1S/C21H18N2O4S/c1-2-26-18-13-15(14-22-23-20(24)16-7-4-3-5-8-16)10-11-17(18)27-21(25)19-9-6-12-28-19/h3-14H,2H2,1H3,(H,23,24)/b22-14+. The average Bonchev–Trinajstić information content (AvgIpc) is 3.25. The van der Waals surface area contributed by atoms with Gasteiger partial charge in [0.25, 0.3) is 5.91 Å². The van der Waals surface area contributed by atoms with Crippen molar-refractivity contribution in [3.8, 4) is 11.5 Å². The van der Waals surface area contributed by atoms with Crippen molar-refractivity contribution < 1.29 is 19.1 Å². The van der Waals surface area contributed by atoms with E-state index in [9.17, 15) is 9.59 Å². The van der Waals surface area contributed by atoms with Gasteiger partial charge in [0.05, 0.1) is 12.8 Å². The number of carbonyl (C=O) groups excluding carboxylic acids is 2. The van der Waals surface area contributed by atoms with Gasteiger partial charge in [-0.2, -0.15) is 5.10 Å². The molecule has 0 saturated carbocycles. The number of ether oxygens (including phenoxy) is 2. The fourth-order valence-corrected chi connectivity index (χ4v) is 2.92. The second kappa shape index (κ2) is 9.48. The summed E-state index contributed by atoms with van der Waals surface area (Å²) in [7, 11) is 0. The Balaban J connectivity index is 1.69. The zero-order chi connectivity index (χ0) is 19.8. The highest BCUT2D eigenvalue weighted by Gasteiger charge is 2.14. The van der Waals surface area contributed by atoms with Crippen LogP contribution in [0.15, 0.2) is 71.1 Å². The third-order valence-electron chi connectivity index (χ3n) is 3.61. The highest BCUT2D eigenvalue weighted by atomic mass is 32.1. The van der Waals surface area contributed by atoms with Gasteiger partial charge in [0.15, 0.2) is 11.5 Å². The molecule has 142 valence electrons. The summed E-state index contributed by atoms with van der Waals surface area (Å²) in [6, 6.07) is 17.3. The maximum atomic E-state index is 12.2. The van der Waals surface area contributed by atoms with E-state index >= 15 is 0 Å². The number of hydrogen-bond donors (Lipinski definition) is 1. The number of benzene rings is 2. The first-order valence-electron chi connectivity index (χ1n) is 8.58. The summed E-state index contributed by atoms with van der Waals surface area (Å²) in [4.78, 5) is 24.7. The predicted molar refractivity (Wildman–Crippen MR) is 108 cm³/mol. The molecular weight excluding hydrogens is 376 g/mol. The number of carbonyl (C=O) groups is 2. The number of nitrogens with one attached hydrogen (secondary N) is 1. The largest absolute Gasteiger partial charge is 0.490 e. The van der Waals surface area contributed by atoms with Gasteiger partial charge in [0.2, 0.25) is 0 Å². The molecule has 1 amide bonds. The third kappa shape index (κ3) is 5.05. The minimum Gasteiger partial charge on any atom is -0.490 e. The van der Waals surface area contributed by atoms with Crippen molar-refractivity contribution >= 4 is 29.4 Å². The van der Waals surface area contributed by atoms with E-state index in [0.717, 1.165) is 0 Å². The van der Waals surface area contributed by atoms with E-state index in [1.165, 1.54) is 17.6 Å². The Kier molecular flexibility index (Phi) is 6.54. The van der Waals surface area contributed by atoms with Gasteiger partial charge in [-0.05, 0) is 54.3 Å². The molecule has 3 rings (SSSR count). The highest BCUT2D eigenvalue weighted by Crippen LogP contribution is 2.29. The van der Waals surface area contributed by atoms with Gasteiger partial charge in [-0.15, -0.1) is 11.3 Å². The Morgan fingerprint density at radius 2 is 1.89 bits per heavy atom. The van der Waals surface area contributed by atoms with Crippen molar-refractivity contribution in [1.29, 1.82) is 0 Å². The number of hydrogen-bond acceptors (Lipinski definition) is 6. The molecule has 0 unspecified atom stereocenters. The lowest BCUT2D eigenvalue weighted by Gasteiger charge is -2.10. The number of amides is 1. The lowest BCUT2D eigenvalue weighted by atomic mass is 10.2. The Labute approximate surface area is 166 Å². The molecule has 0 radical (unpaired) electrons. The molecule has 0 aliphatic rings. The molecule has 6 nitrogen and oxygen atoms in total. The summed E-state index contributed by atoms with van der Waals surface area (Å²) in [5.74, 6) is 0.00679. The van der Waals surface area contributed by atoms with Gasteiger partial charge in [-0.3, -0.25) is 4.79 Å². The van der Waals surface area contributed by atoms with Crippen molar-refractivity contribution in [2.45, 2.75) is 6.92 Å². The van der Waals surface area contributed by atoms with Crippen LogP contribution in [-0.4, -0.2) is 24.7 Å². The first kappa shape index (κ1) is 19.3. The van der Waals surface area contributed by atoms with E-state index in [2.05, 4.69) is 10.5 Å². The monoisotopic (exact) mass is 394 g/mol. The summed E-state index contributed by atoms with van der Waals surface area (Å²) >= 11 is 1.31. The number of rotatable bonds is 7. The molecule has 0 fully saturated rings. The first-order chi connectivity index (χ1) is 13.7. The number of nitrogens with zero attached hydrogens (tertiary/aromatic N) is 1. The van der Waals surface area contributed by atoms with Crippen molar-refractivity contribution in [2.24, 2.45) is 5.10 Å². The Morgan fingerprint density at radius 3 is 2.61 bits per heavy atom.